The van der Waals surface area contributed by atoms with E-state index in [2.05, 4.69) is 6.92 Å². The first-order chi connectivity index (χ1) is 10.0. The third kappa shape index (κ3) is 15.8. The first-order valence-corrected chi connectivity index (χ1v) is 10.0. The molecule has 0 aromatic rings. The van der Waals surface area contributed by atoms with Gasteiger partial charge in [-0.05, 0) is 19.3 Å². The van der Waals surface area contributed by atoms with Crippen molar-refractivity contribution >= 4 is 10.1 Å². The number of hydrogen-bond acceptors (Lipinski definition) is 4. The molecule has 0 aliphatic heterocycles. The molecule has 0 radical (unpaired) electrons. The Morgan fingerprint density at radius 2 is 1.23 bits per heavy atom. The molecule has 0 saturated heterocycles. The van der Waals surface area contributed by atoms with Crippen LogP contribution >= 0.6 is 0 Å². The summed E-state index contributed by atoms with van der Waals surface area (Å²) in [7, 11) is -4.17. The molecule has 0 amide bonds. The van der Waals surface area contributed by atoms with Gasteiger partial charge in [0.1, 0.15) is 0 Å². The summed E-state index contributed by atoms with van der Waals surface area (Å²) >= 11 is 0. The topological polar surface area (TPSA) is 77.4 Å². The Morgan fingerprint density at radius 1 is 0.818 bits per heavy atom. The quantitative estimate of drug-likeness (QED) is 0.273. The third-order valence-electron chi connectivity index (χ3n) is 3.97. The van der Waals surface area contributed by atoms with Crippen LogP contribution in [-0.4, -0.2) is 29.9 Å². The molecule has 0 aliphatic carbocycles. The van der Waals surface area contributed by atoms with Gasteiger partial charge in [0.25, 0.3) is 0 Å². The Labute approximate surface area is 159 Å². The van der Waals surface area contributed by atoms with E-state index in [-0.39, 0.29) is 36.2 Å². The summed E-state index contributed by atoms with van der Waals surface area (Å²) < 4.78 is 33.7. The predicted molar refractivity (Wildman–Crippen MR) is 86.3 cm³/mol. The number of aliphatic hydroxyl groups excluding tert-OH is 1. The smallest absolute Gasteiger partial charge is 0.748 e. The first-order valence-electron chi connectivity index (χ1n) is 8.58. The zero-order valence-electron chi connectivity index (χ0n) is 14.6. The van der Waals surface area contributed by atoms with Gasteiger partial charge in [-0.15, -0.1) is 0 Å². The number of unbranched alkanes of at least 4 members (excludes halogenated alkanes) is 9. The van der Waals surface area contributed by atoms with Crippen LogP contribution in [0.1, 0.15) is 90.4 Å². The van der Waals surface area contributed by atoms with Crippen molar-refractivity contribution in [3.05, 3.63) is 0 Å². The van der Waals surface area contributed by atoms with Crippen molar-refractivity contribution in [3.63, 3.8) is 0 Å². The second-order valence-electron chi connectivity index (χ2n) is 5.95. The Kier molecular flexibility index (Phi) is 19.1. The van der Waals surface area contributed by atoms with Crippen LogP contribution in [0.5, 0.6) is 0 Å². The van der Waals surface area contributed by atoms with E-state index in [4.69, 9.17) is 5.11 Å². The van der Waals surface area contributed by atoms with E-state index in [1.807, 2.05) is 0 Å². The molecule has 0 aromatic carbocycles. The molecule has 0 aliphatic rings. The van der Waals surface area contributed by atoms with Crippen molar-refractivity contribution in [2.45, 2.75) is 95.6 Å². The fourth-order valence-corrected chi connectivity index (χ4v) is 3.51. The van der Waals surface area contributed by atoms with Crippen LogP contribution < -0.4 is 29.6 Å². The summed E-state index contributed by atoms with van der Waals surface area (Å²) in [6.07, 6.45) is 12.4. The van der Waals surface area contributed by atoms with Gasteiger partial charge in [0.2, 0.25) is 0 Å². The number of aliphatic hydroxyl groups is 1. The summed E-state index contributed by atoms with van der Waals surface area (Å²) in [6.45, 7) is 2.33. The Bertz CT molecular complexity index is 320. The zero-order valence-corrected chi connectivity index (χ0v) is 17.4. The van der Waals surface area contributed by atoms with Crippen molar-refractivity contribution < 1.29 is 47.6 Å². The van der Waals surface area contributed by atoms with Gasteiger partial charge >= 0.3 is 29.6 Å². The van der Waals surface area contributed by atoms with Crippen LogP contribution in [0.25, 0.3) is 0 Å². The molecule has 4 nitrogen and oxygen atoms in total. The van der Waals surface area contributed by atoms with E-state index in [9.17, 15) is 13.0 Å². The summed E-state index contributed by atoms with van der Waals surface area (Å²) in [6, 6.07) is 0. The number of hydrogen-bond donors (Lipinski definition) is 1. The molecule has 0 saturated carbocycles. The molecule has 0 heterocycles. The Hall–Kier alpha value is 0.870. The van der Waals surface area contributed by atoms with Gasteiger partial charge in [0, 0.05) is 11.9 Å². The molecule has 0 rings (SSSR count). The Balaban J connectivity index is 0. The maximum absolute atomic E-state index is 11.2. The molecule has 0 aromatic heterocycles. The third-order valence-corrected chi connectivity index (χ3v) is 5.26. The molecule has 1 atom stereocenters. The molecule has 0 bridgehead atoms. The van der Waals surface area contributed by atoms with Crippen LogP contribution in [0.4, 0.5) is 0 Å². The van der Waals surface area contributed by atoms with Gasteiger partial charge < -0.3 is 9.66 Å². The van der Waals surface area contributed by atoms with E-state index in [1.165, 1.54) is 32.1 Å². The molecular formula is C16H33NaO4S. The fourth-order valence-electron chi connectivity index (χ4n) is 2.60. The van der Waals surface area contributed by atoms with E-state index < -0.39 is 15.4 Å². The molecule has 22 heavy (non-hydrogen) atoms. The molecule has 0 spiro atoms. The van der Waals surface area contributed by atoms with Crippen molar-refractivity contribution in [2.75, 3.05) is 6.61 Å². The zero-order chi connectivity index (χ0) is 16.0. The van der Waals surface area contributed by atoms with Gasteiger partial charge in [0.15, 0.2) is 0 Å². The molecular weight excluding hydrogens is 311 g/mol. The molecule has 6 heteroatoms. The van der Waals surface area contributed by atoms with Crippen molar-refractivity contribution in [2.24, 2.45) is 0 Å². The standard InChI is InChI=1S/C16H34O4S.Na/c1-2-3-4-5-6-7-8-10-13-16(21(18,19)20)14-11-9-12-15-17;/h16-17H,2-15H2,1H3,(H,18,19,20);/q;+1/p-1. The molecule has 1 unspecified atom stereocenters. The van der Waals surface area contributed by atoms with E-state index in [0.29, 0.717) is 25.7 Å². The average molecular weight is 344 g/mol. The maximum atomic E-state index is 11.2. The largest absolute Gasteiger partial charge is 1.00 e. The monoisotopic (exact) mass is 344 g/mol. The van der Waals surface area contributed by atoms with Gasteiger partial charge in [0.05, 0.1) is 10.1 Å². The van der Waals surface area contributed by atoms with Gasteiger partial charge in [-0.1, -0.05) is 71.1 Å². The van der Waals surface area contributed by atoms with E-state index >= 15 is 0 Å². The minimum atomic E-state index is -4.17. The second-order valence-corrected chi connectivity index (χ2v) is 7.60. The minimum Gasteiger partial charge on any atom is -0.748 e. The molecule has 1 N–H and O–H groups in total. The predicted octanol–water partition coefficient (Wildman–Crippen LogP) is 0.988. The second kappa shape index (κ2) is 16.7. The van der Waals surface area contributed by atoms with Crippen LogP contribution in [-0.2, 0) is 10.1 Å². The van der Waals surface area contributed by atoms with Gasteiger partial charge in [-0.3, -0.25) is 0 Å². The summed E-state index contributed by atoms with van der Waals surface area (Å²) in [5, 5.41) is 7.96. The summed E-state index contributed by atoms with van der Waals surface area (Å²) in [5.74, 6) is 0. The first kappa shape index (κ1) is 25.1. The summed E-state index contributed by atoms with van der Waals surface area (Å²) in [5.41, 5.74) is 0. The van der Waals surface area contributed by atoms with Crippen molar-refractivity contribution in [1.29, 1.82) is 0 Å². The van der Waals surface area contributed by atoms with Crippen LogP contribution in [0.15, 0.2) is 0 Å². The fraction of sp³-hybridized carbons (Fsp3) is 1.00. The van der Waals surface area contributed by atoms with E-state index in [1.54, 1.807) is 0 Å². The molecule has 0 fully saturated rings. The summed E-state index contributed by atoms with van der Waals surface area (Å²) in [4.78, 5) is 0. The normalized spacial score (nSPS) is 12.9. The van der Waals surface area contributed by atoms with Crippen LogP contribution in [0, 0.1) is 0 Å². The Morgan fingerprint density at radius 3 is 1.64 bits per heavy atom. The van der Waals surface area contributed by atoms with Crippen LogP contribution in [0.2, 0.25) is 0 Å². The average Bonchev–Trinajstić information content (AvgIpc) is 2.42. The van der Waals surface area contributed by atoms with Crippen molar-refractivity contribution in [1.82, 2.24) is 0 Å². The van der Waals surface area contributed by atoms with Gasteiger partial charge in [-0.2, -0.15) is 0 Å². The minimum absolute atomic E-state index is 0. The van der Waals surface area contributed by atoms with E-state index in [0.717, 1.165) is 25.7 Å². The SMILES string of the molecule is CCCCCCCCCCC(CCCCCO)S(=O)(=O)[O-].[Na+]. The van der Waals surface area contributed by atoms with Crippen LogP contribution in [0.3, 0.4) is 0 Å². The van der Waals surface area contributed by atoms with Crippen molar-refractivity contribution in [3.8, 4) is 0 Å². The van der Waals surface area contributed by atoms with Gasteiger partial charge in [-0.25, -0.2) is 8.42 Å². The number of rotatable bonds is 15. The maximum Gasteiger partial charge on any atom is 1.00 e. The molecule has 128 valence electrons.